The van der Waals surface area contributed by atoms with Gasteiger partial charge in [0.1, 0.15) is 13.1 Å². The van der Waals surface area contributed by atoms with Gasteiger partial charge in [-0.2, -0.15) is 9.78 Å². The Hall–Kier alpha value is -1.18. The summed E-state index contributed by atoms with van der Waals surface area (Å²) >= 11 is 3.37. The van der Waals surface area contributed by atoms with E-state index in [4.69, 9.17) is 4.74 Å². The predicted molar refractivity (Wildman–Crippen MR) is 89.6 cm³/mol. The first-order valence-electron chi connectivity index (χ1n) is 6.85. The van der Waals surface area contributed by atoms with Crippen molar-refractivity contribution < 1.29 is 4.74 Å². The van der Waals surface area contributed by atoms with Gasteiger partial charge in [-0.1, -0.05) is 35.6 Å². The Kier molecular flexibility index (Phi) is 5.18. The van der Waals surface area contributed by atoms with Crippen molar-refractivity contribution in [2.45, 2.75) is 32.4 Å². The summed E-state index contributed by atoms with van der Waals surface area (Å²) in [5, 5.41) is 4.09. The van der Waals surface area contributed by atoms with Gasteiger partial charge in [0, 0.05) is 19.2 Å². The van der Waals surface area contributed by atoms with E-state index < -0.39 is 8.07 Å². The number of nitrogens with zero attached hydrogens (tertiary/aromatic N) is 3. The molecule has 0 bridgehead atoms. The molecular weight excluding hydrogens is 350 g/mol. The van der Waals surface area contributed by atoms with E-state index in [0.29, 0.717) is 6.61 Å². The number of hydrogen-bond acceptors (Lipinski definition) is 3. The molecule has 21 heavy (non-hydrogen) atoms. The van der Waals surface area contributed by atoms with Crippen LogP contribution < -0.4 is 5.69 Å². The summed E-state index contributed by atoms with van der Waals surface area (Å²) in [7, 11) is -1.10. The number of ether oxygens (including phenoxy) is 1. The molecule has 2 aromatic rings. The molecule has 0 saturated heterocycles. The van der Waals surface area contributed by atoms with Crippen molar-refractivity contribution >= 4 is 24.0 Å². The maximum absolute atomic E-state index is 12.2. The Morgan fingerprint density at radius 3 is 2.52 bits per heavy atom. The zero-order chi connectivity index (χ0) is 15.5. The molecule has 2 rings (SSSR count). The van der Waals surface area contributed by atoms with Crippen LogP contribution in [0.1, 0.15) is 0 Å². The van der Waals surface area contributed by atoms with Crippen LogP contribution in [0.5, 0.6) is 0 Å². The van der Waals surface area contributed by atoms with E-state index in [0.717, 1.165) is 16.2 Å². The summed E-state index contributed by atoms with van der Waals surface area (Å²) < 4.78 is 9.38. The molecule has 0 saturated carbocycles. The maximum atomic E-state index is 12.2. The van der Waals surface area contributed by atoms with E-state index in [1.165, 1.54) is 15.6 Å². The molecule has 1 aromatic carbocycles. The molecule has 0 spiro atoms. The highest BCUT2D eigenvalue weighted by Gasteiger charge is 2.12. The molecule has 114 valence electrons. The van der Waals surface area contributed by atoms with Gasteiger partial charge in [0.15, 0.2) is 0 Å². The zero-order valence-electron chi connectivity index (χ0n) is 12.5. The van der Waals surface area contributed by atoms with E-state index in [1.807, 2.05) is 24.3 Å². The maximum Gasteiger partial charge on any atom is 0.352 e. The zero-order valence-corrected chi connectivity index (χ0v) is 15.1. The van der Waals surface area contributed by atoms with Crippen LogP contribution in [0.15, 0.2) is 39.9 Å². The normalized spacial score (nSPS) is 11.8. The van der Waals surface area contributed by atoms with Crippen LogP contribution >= 0.6 is 15.9 Å². The fourth-order valence-electron chi connectivity index (χ4n) is 1.73. The minimum atomic E-state index is -1.10. The molecule has 0 unspecified atom stereocenters. The van der Waals surface area contributed by atoms with Gasteiger partial charge in [-0.15, -0.1) is 0 Å². The summed E-state index contributed by atoms with van der Waals surface area (Å²) in [6.45, 7) is 7.76. The Balaban J connectivity index is 2.01. The van der Waals surface area contributed by atoms with Crippen molar-refractivity contribution in [2.24, 2.45) is 0 Å². The summed E-state index contributed by atoms with van der Waals surface area (Å²) in [5.74, 6) is 0. The van der Waals surface area contributed by atoms with Crippen LogP contribution in [0, 0.1) is 0 Å². The summed E-state index contributed by atoms with van der Waals surface area (Å²) in [6, 6.07) is 8.59. The highest BCUT2D eigenvalue weighted by molar-refractivity contribution is 9.10. The highest BCUT2D eigenvalue weighted by atomic mass is 79.9. The number of halogens is 1. The SMILES string of the molecule is C[Si](C)(C)CCOCn1ncn(-c2ccc(Br)cc2)c1=O. The lowest BCUT2D eigenvalue weighted by Crippen LogP contribution is -2.26. The topological polar surface area (TPSA) is 49.0 Å². The van der Waals surface area contributed by atoms with Crippen LogP contribution in [0.3, 0.4) is 0 Å². The number of benzene rings is 1. The molecule has 5 nitrogen and oxygen atoms in total. The monoisotopic (exact) mass is 369 g/mol. The highest BCUT2D eigenvalue weighted by Crippen LogP contribution is 2.12. The summed E-state index contributed by atoms with van der Waals surface area (Å²) in [6.07, 6.45) is 1.52. The lowest BCUT2D eigenvalue weighted by molar-refractivity contribution is 0.0757. The third-order valence-electron chi connectivity index (χ3n) is 3.05. The molecule has 0 atom stereocenters. The van der Waals surface area contributed by atoms with Crippen LogP contribution in [-0.2, 0) is 11.5 Å². The Morgan fingerprint density at radius 2 is 1.90 bits per heavy atom. The lowest BCUT2D eigenvalue weighted by atomic mass is 10.3. The van der Waals surface area contributed by atoms with Crippen LogP contribution in [0.25, 0.3) is 5.69 Å². The Bertz CT molecular complexity index is 643. The Labute approximate surface area is 133 Å². The van der Waals surface area contributed by atoms with Crippen molar-refractivity contribution in [3.8, 4) is 5.69 Å². The second kappa shape index (κ2) is 6.72. The van der Waals surface area contributed by atoms with Crippen molar-refractivity contribution in [3.05, 3.63) is 45.5 Å². The summed E-state index contributed by atoms with van der Waals surface area (Å²) in [5.41, 5.74) is 0.599. The van der Waals surface area contributed by atoms with E-state index in [9.17, 15) is 4.79 Å². The standard InChI is InChI=1S/C14H20BrN3O2Si/c1-21(2,3)9-8-20-11-18-14(19)17(10-16-18)13-6-4-12(15)5-7-13/h4-7,10H,8-9,11H2,1-3H3. The van der Waals surface area contributed by atoms with Crippen molar-refractivity contribution in [2.75, 3.05) is 6.61 Å². The number of hydrogen-bond donors (Lipinski definition) is 0. The average molecular weight is 370 g/mol. The molecule has 1 aromatic heterocycles. The second-order valence-corrected chi connectivity index (χ2v) is 12.6. The molecule has 7 heteroatoms. The van der Waals surface area contributed by atoms with E-state index in [2.05, 4.69) is 40.7 Å². The predicted octanol–water partition coefficient (Wildman–Crippen LogP) is 3.11. The van der Waals surface area contributed by atoms with E-state index >= 15 is 0 Å². The molecule has 1 heterocycles. The van der Waals surface area contributed by atoms with Gasteiger partial charge in [-0.05, 0) is 30.3 Å². The quantitative estimate of drug-likeness (QED) is 0.580. The number of aromatic nitrogens is 3. The van der Waals surface area contributed by atoms with Gasteiger partial charge in [0.2, 0.25) is 0 Å². The molecule has 0 radical (unpaired) electrons. The molecule has 0 amide bonds. The third-order valence-corrected chi connectivity index (χ3v) is 5.28. The lowest BCUT2D eigenvalue weighted by Gasteiger charge is -2.14. The van der Waals surface area contributed by atoms with Crippen molar-refractivity contribution in [3.63, 3.8) is 0 Å². The van der Waals surface area contributed by atoms with Gasteiger partial charge in [-0.3, -0.25) is 0 Å². The molecule has 0 fully saturated rings. The summed E-state index contributed by atoms with van der Waals surface area (Å²) in [4.78, 5) is 12.2. The molecule has 0 aliphatic carbocycles. The average Bonchev–Trinajstić information content (AvgIpc) is 2.76. The van der Waals surface area contributed by atoms with E-state index in [1.54, 1.807) is 0 Å². The molecular formula is C14H20BrN3O2Si. The van der Waals surface area contributed by atoms with Gasteiger partial charge in [0.05, 0.1) is 5.69 Å². The fraction of sp³-hybridized carbons (Fsp3) is 0.429. The van der Waals surface area contributed by atoms with Crippen LogP contribution in [-0.4, -0.2) is 29.0 Å². The van der Waals surface area contributed by atoms with E-state index in [-0.39, 0.29) is 12.4 Å². The van der Waals surface area contributed by atoms with Crippen LogP contribution in [0.4, 0.5) is 0 Å². The Morgan fingerprint density at radius 1 is 1.24 bits per heavy atom. The fourth-order valence-corrected chi connectivity index (χ4v) is 2.75. The van der Waals surface area contributed by atoms with Gasteiger partial charge >= 0.3 is 5.69 Å². The first-order chi connectivity index (χ1) is 9.87. The number of rotatable bonds is 6. The third kappa shape index (κ3) is 4.65. The first kappa shape index (κ1) is 16.2. The van der Waals surface area contributed by atoms with Gasteiger partial charge in [0.25, 0.3) is 0 Å². The van der Waals surface area contributed by atoms with Crippen molar-refractivity contribution in [1.82, 2.24) is 14.3 Å². The first-order valence-corrected chi connectivity index (χ1v) is 11.3. The van der Waals surface area contributed by atoms with Crippen molar-refractivity contribution in [1.29, 1.82) is 0 Å². The minimum Gasteiger partial charge on any atom is -0.359 e. The second-order valence-electron chi connectivity index (χ2n) is 6.11. The van der Waals surface area contributed by atoms with Gasteiger partial charge in [-0.25, -0.2) is 9.36 Å². The molecule has 0 aliphatic rings. The van der Waals surface area contributed by atoms with Crippen LogP contribution in [0.2, 0.25) is 25.7 Å². The largest absolute Gasteiger partial charge is 0.359 e. The smallest absolute Gasteiger partial charge is 0.352 e. The molecule has 0 N–H and O–H groups in total. The molecule has 0 aliphatic heterocycles. The minimum absolute atomic E-state index is 0.190. The van der Waals surface area contributed by atoms with Gasteiger partial charge < -0.3 is 4.74 Å².